The van der Waals surface area contributed by atoms with Crippen LogP contribution in [0.15, 0.2) is 36.5 Å². The number of halogens is 3. The number of hydrogen-bond donors (Lipinski definition) is 2. The fourth-order valence-corrected chi connectivity index (χ4v) is 3.36. The third kappa shape index (κ3) is 4.39. The number of carbonyl (C=O) groups is 1. The van der Waals surface area contributed by atoms with Crippen LogP contribution in [0.4, 0.5) is 18.0 Å². The summed E-state index contributed by atoms with van der Waals surface area (Å²) in [5.74, 6) is 0.0377. The van der Waals surface area contributed by atoms with Gasteiger partial charge in [-0.1, -0.05) is 25.0 Å². The average Bonchev–Trinajstić information content (AvgIpc) is 3.16. The van der Waals surface area contributed by atoms with Gasteiger partial charge in [-0.15, -0.1) is 0 Å². The Labute approximate surface area is 159 Å². The monoisotopic (exact) mass is 389 g/mol. The van der Waals surface area contributed by atoms with Gasteiger partial charge in [-0.25, -0.2) is 14.8 Å². The molecule has 2 amide bonds. The van der Waals surface area contributed by atoms with Crippen LogP contribution >= 0.6 is 0 Å². The molecule has 0 saturated heterocycles. The predicted octanol–water partition coefficient (Wildman–Crippen LogP) is 3.64. The number of aromatic nitrogens is 2. The Morgan fingerprint density at radius 1 is 1.18 bits per heavy atom. The van der Waals surface area contributed by atoms with Crippen molar-refractivity contribution >= 4 is 6.03 Å². The molecule has 0 atom stereocenters. The minimum Gasteiger partial charge on any atom is -0.334 e. The Hall–Kier alpha value is -3.15. The zero-order chi connectivity index (χ0) is 20.2. The highest BCUT2D eigenvalue weighted by atomic mass is 19.4. The number of carbonyl (C=O) groups excluding carboxylic acids is 1. The zero-order valence-electron chi connectivity index (χ0n) is 14.9. The zero-order valence-corrected chi connectivity index (χ0v) is 14.9. The van der Waals surface area contributed by atoms with Crippen molar-refractivity contribution in [2.75, 3.05) is 0 Å². The van der Waals surface area contributed by atoms with Gasteiger partial charge in [0.2, 0.25) is 5.82 Å². The van der Waals surface area contributed by atoms with Gasteiger partial charge >= 0.3 is 12.2 Å². The van der Waals surface area contributed by atoms with Gasteiger partial charge in [0.1, 0.15) is 6.07 Å². The molecule has 0 bridgehead atoms. The van der Waals surface area contributed by atoms with Crippen molar-refractivity contribution < 1.29 is 18.0 Å². The largest absolute Gasteiger partial charge is 0.416 e. The molecule has 9 heteroatoms. The summed E-state index contributed by atoms with van der Waals surface area (Å²) in [5.41, 5.74) is -0.278. The molecule has 0 radical (unpaired) electrons. The molecular weight excluding hydrogens is 371 g/mol. The van der Waals surface area contributed by atoms with E-state index in [4.69, 9.17) is 5.26 Å². The highest BCUT2D eigenvalue weighted by molar-refractivity contribution is 5.75. The molecule has 6 nitrogen and oxygen atoms in total. The molecule has 1 aromatic heterocycles. The number of nitriles is 1. The van der Waals surface area contributed by atoms with Crippen molar-refractivity contribution in [1.82, 2.24) is 20.6 Å². The van der Waals surface area contributed by atoms with Gasteiger partial charge < -0.3 is 10.6 Å². The van der Waals surface area contributed by atoms with E-state index in [9.17, 15) is 18.0 Å². The summed E-state index contributed by atoms with van der Waals surface area (Å²) in [6.07, 6.45) is 0.280. The molecular formula is C19H18F3N5O. The van der Waals surface area contributed by atoms with E-state index >= 15 is 0 Å². The van der Waals surface area contributed by atoms with E-state index in [0.29, 0.717) is 24.1 Å². The van der Waals surface area contributed by atoms with Crippen LogP contribution in [0, 0.1) is 11.3 Å². The maximum absolute atomic E-state index is 12.6. The number of nitrogens with zero attached hydrogens (tertiary/aromatic N) is 3. The summed E-state index contributed by atoms with van der Waals surface area (Å²) in [5, 5.41) is 14.6. The first kappa shape index (κ1) is 19.6. The van der Waals surface area contributed by atoms with Gasteiger partial charge in [0.15, 0.2) is 0 Å². The lowest BCUT2D eigenvalue weighted by atomic mass is 9.93. The summed E-state index contributed by atoms with van der Waals surface area (Å²) in [6, 6.07) is 7.76. The van der Waals surface area contributed by atoms with E-state index in [2.05, 4.69) is 20.6 Å². The Morgan fingerprint density at radius 3 is 2.46 bits per heavy atom. The Kier molecular flexibility index (Phi) is 5.49. The van der Waals surface area contributed by atoms with Gasteiger partial charge in [-0.05, 0) is 36.6 Å². The third-order valence-electron chi connectivity index (χ3n) is 4.79. The summed E-state index contributed by atoms with van der Waals surface area (Å²) in [7, 11) is 0. The number of alkyl halides is 3. The minimum atomic E-state index is -4.39. The minimum absolute atomic E-state index is 0.0377. The van der Waals surface area contributed by atoms with Crippen molar-refractivity contribution in [2.24, 2.45) is 0 Å². The fraction of sp³-hybridized carbons (Fsp3) is 0.368. The van der Waals surface area contributed by atoms with Crippen molar-refractivity contribution in [2.45, 2.75) is 43.9 Å². The fourth-order valence-electron chi connectivity index (χ4n) is 3.36. The number of urea groups is 1. The summed E-state index contributed by atoms with van der Waals surface area (Å²) in [6.45, 7) is 0.0905. The van der Waals surface area contributed by atoms with E-state index in [0.717, 1.165) is 25.0 Å². The summed E-state index contributed by atoms with van der Waals surface area (Å²) >= 11 is 0. The molecule has 0 spiro atoms. The van der Waals surface area contributed by atoms with Crippen molar-refractivity contribution in [3.05, 3.63) is 59.2 Å². The van der Waals surface area contributed by atoms with Gasteiger partial charge in [0, 0.05) is 12.7 Å². The Morgan fingerprint density at radius 2 is 1.86 bits per heavy atom. The standard InChI is InChI=1S/C19H18F3N5O/c20-19(21,22)14-5-3-13(4-6-14)12-25-17(28)27-18(8-1-2-9-18)15-7-10-24-16(11-23)26-15/h3-7,10H,1-2,8-9,12H2,(H2,25,27,28). The molecule has 2 aromatic rings. The van der Waals surface area contributed by atoms with Crippen molar-refractivity contribution in [1.29, 1.82) is 5.26 Å². The number of nitrogens with one attached hydrogen (secondary N) is 2. The molecule has 1 aliphatic rings. The summed E-state index contributed by atoms with van der Waals surface area (Å²) < 4.78 is 37.8. The second kappa shape index (κ2) is 7.84. The first-order valence-corrected chi connectivity index (χ1v) is 8.78. The second-order valence-corrected chi connectivity index (χ2v) is 6.67. The van der Waals surface area contributed by atoms with Crippen molar-refractivity contribution in [3.63, 3.8) is 0 Å². The smallest absolute Gasteiger partial charge is 0.334 e. The maximum Gasteiger partial charge on any atom is 0.416 e. The lowest BCUT2D eigenvalue weighted by molar-refractivity contribution is -0.137. The molecule has 1 aromatic carbocycles. The van der Waals surface area contributed by atoms with Crippen LogP contribution in [0.2, 0.25) is 0 Å². The third-order valence-corrected chi connectivity index (χ3v) is 4.79. The number of amides is 2. The Bertz CT molecular complexity index is 884. The quantitative estimate of drug-likeness (QED) is 0.835. The normalized spacial score (nSPS) is 15.6. The van der Waals surface area contributed by atoms with Crippen LogP contribution < -0.4 is 10.6 Å². The van der Waals surface area contributed by atoms with E-state index in [1.807, 2.05) is 6.07 Å². The number of benzene rings is 1. The van der Waals surface area contributed by atoms with Crippen molar-refractivity contribution in [3.8, 4) is 6.07 Å². The van der Waals surface area contributed by atoms with E-state index in [-0.39, 0.29) is 12.4 Å². The predicted molar refractivity (Wildman–Crippen MR) is 93.7 cm³/mol. The van der Waals surface area contributed by atoms with E-state index < -0.39 is 23.3 Å². The SMILES string of the molecule is N#Cc1nccc(C2(NC(=O)NCc3ccc(C(F)(F)F)cc3)CCCC2)n1. The summed E-state index contributed by atoms with van der Waals surface area (Å²) in [4.78, 5) is 20.5. The van der Waals surface area contributed by atoms with Crippen LogP contribution in [-0.4, -0.2) is 16.0 Å². The molecule has 1 aliphatic carbocycles. The van der Waals surface area contributed by atoms with Gasteiger partial charge in [0.05, 0.1) is 16.8 Å². The molecule has 3 rings (SSSR count). The molecule has 1 heterocycles. The second-order valence-electron chi connectivity index (χ2n) is 6.67. The number of hydrogen-bond acceptors (Lipinski definition) is 4. The van der Waals surface area contributed by atoms with Crippen LogP contribution in [0.3, 0.4) is 0 Å². The molecule has 2 N–H and O–H groups in total. The van der Waals surface area contributed by atoms with Gasteiger partial charge in [-0.3, -0.25) is 0 Å². The van der Waals surface area contributed by atoms with Gasteiger partial charge in [-0.2, -0.15) is 18.4 Å². The van der Waals surface area contributed by atoms with Crippen LogP contribution in [0.1, 0.15) is 48.3 Å². The molecule has 0 unspecified atom stereocenters. The highest BCUT2D eigenvalue weighted by Crippen LogP contribution is 2.37. The average molecular weight is 389 g/mol. The van der Waals surface area contributed by atoms with Crippen LogP contribution in [0.5, 0.6) is 0 Å². The highest BCUT2D eigenvalue weighted by Gasteiger charge is 2.38. The number of rotatable bonds is 4. The Balaban J connectivity index is 1.66. The molecule has 146 valence electrons. The topological polar surface area (TPSA) is 90.7 Å². The molecule has 1 saturated carbocycles. The van der Waals surface area contributed by atoms with E-state index in [1.165, 1.54) is 18.3 Å². The maximum atomic E-state index is 12.6. The molecule has 1 fully saturated rings. The lowest BCUT2D eigenvalue weighted by Crippen LogP contribution is -2.48. The first-order valence-electron chi connectivity index (χ1n) is 8.78. The molecule has 0 aliphatic heterocycles. The first-order chi connectivity index (χ1) is 13.3. The van der Waals surface area contributed by atoms with Crippen LogP contribution in [0.25, 0.3) is 0 Å². The van der Waals surface area contributed by atoms with Gasteiger partial charge in [0.25, 0.3) is 0 Å². The van der Waals surface area contributed by atoms with E-state index in [1.54, 1.807) is 6.07 Å². The molecule has 28 heavy (non-hydrogen) atoms. The lowest BCUT2D eigenvalue weighted by Gasteiger charge is -2.29. The van der Waals surface area contributed by atoms with Crippen LogP contribution in [-0.2, 0) is 18.3 Å².